The minimum absolute atomic E-state index is 0. The van der Waals surface area contributed by atoms with Crippen molar-refractivity contribution >= 4 is 29.9 Å². The Morgan fingerprint density at radius 2 is 1.83 bits per heavy atom. The summed E-state index contributed by atoms with van der Waals surface area (Å²) in [7, 11) is 0. The Kier molecular flexibility index (Phi) is 8.32. The molecule has 0 aromatic heterocycles. The summed E-state index contributed by atoms with van der Waals surface area (Å²) >= 11 is 0. The molecule has 1 aromatic rings. The molecule has 0 amide bonds. The number of guanidine groups is 1. The van der Waals surface area contributed by atoms with Crippen molar-refractivity contribution < 1.29 is 0 Å². The summed E-state index contributed by atoms with van der Waals surface area (Å²) in [5.41, 5.74) is 7.59. The third-order valence-corrected chi connectivity index (χ3v) is 5.12. The summed E-state index contributed by atoms with van der Waals surface area (Å²) in [6.07, 6.45) is 6.25. The average molecular weight is 442 g/mol. The van der Waals surface area contributed by atoms with Crippen molar-refractivity contribution in [2.45, 2.75) is 32.1 Å². The molecular weight excluding hydrogens is 411 g/mol. The molecule has 2 saturated heterocycles. The van der Waals surface area contributed by atoms with E-state index in [1.165, 1.54) is 44.3 Å². The highest BCUT2D eigenvalue weighted by atomic mass is 127. The second kappa shape index (κ2) is 10.2. The molecule has 0 bridgehead atoms. The van der Waals surface area contributed by atoms with Crippen molar-refractivity contribution in [1.82, 2.24) is 9.80 Å². The molecule has 1 unspecified atom stereocenters. The lowest BCUT2D eigenvalue weighted by atomic mass is 10.1. The first kappa shape index (κ1) is 19.5. The molecule has 2 aliphatic heterocycles. The van der Waals surface area contributed by atoms with Crippen LogP contribution in [-0.2, 0) is 6.42 Å². The molecule has 2 N–H and O–H groups in total. The Morgan fingerprint density at radius 1 is 1.08 bits per heavy atom. The van der Waals surface area contributed by atoms with Gasteiger partial charge in [-0.25, -0.2) is 0 Å². The molecule has 3 rings (SSSR count). The maximum Gasteiger partial charge on any atom is 0.191 e. The number of halogens is 1. The van der Waals surface area contributed by atoms with E-state index in [1.54, 1.807) is 0 Å². The van der Waals surface area contributed by atoms with E-state index in [4.69, 9.17) is 5.73 Å². The lowest BCUT2D eigenvalue weighted by Crippen LogP contribution is -2.41. The summed E-state index contributed by atoms with van der Waals surface area (Å²) in [6.45, 7) is 6.60. The average Bonchev–Trinajstić information content (AvgIpc) is 3.07. The molecule has 2 fully saturated rings. The van der Waals surface area contributed by atoms with E-state index >= 15 is 0 Å². The Balaban J connectivity index is 0.00000208. The molecule has 24 heavy (non-hydrogen) atoms. The quantitative estimate of drug-likeness (QED) is 0.433. The zero-order valence-corrected chi connectivity index (χ0v) is 16.9. The number of nitrogens with two attached hydrogens (primary N) is 1. The standard InChI is InChI=1S/C19H30N4.HI/c20-19(23-11-5-2-6-12-23)21-15-18-10-14-22(16-18)13-9-17-7-3-1-4-8-17;/h1,3-4,7-8,18H,2,5-6,9-16H2,(H2,20,21);1H. The van der Waals surface area contributed by atoms with Crippen LogP contribution < -0.4 is 5.73 Å². The van der Waals surface area contributed by atoms with Gasteiger partial charge in [0.2, 0.25) is 0 Å². The van der Waals surface area contributed by atoms with E-state index in [0.29, 0.717) is 5.92 Å². The Labute approximate surface area is 163 Å². The lowest BCUT2D eigenvalue weighted by Gasteiger charge is -2.27. The van der Waals surface area contributed by atoms with Gasteiger partial charge in [-0.15, -0.1) is 24.0 Å². The minimum Gasteiger partial charge on any atom is -0.370 e. The highest BCUT2D eigenvalue weighted by molar-refractivity contribution is 14.0. The summed E-state index contributed by atoms with van der Waals surface area (Å²) in [5, 5.41) is 0. The maximum absolute atomic E-state index is 6.16. The molecule has 2 aliphatic rings. The number of hydrogen-bond acceptors (Lipinski definition) is 2. The highest BCUT2D eigenvalue weighted by Crippen LogP contribution is 2.17. The second-order valence-electron chi connectivity index (χ2n) is 6.94. The fourth-order valence-electron chi connectivity index (χ4n) is 3.64. The van der Waals surface area contributed by atoms with Gasteiger partial charge in [-0.1, -0.05) is 30.3 Å². The Bertz CT molecular complexity index is 499. The smallest absolute Gasteiger partial charge is 0.191 e. The van der Waals surface area contributed by atoms with Crippen LogP contribution in [0.2, 0.25) is 0 Å². The largest absolute Gasteiger partial charge is 0.370 e. The highest BCUT2D eigenvalue weighted by Gasteiger charge is 2.22. The van der Waals surface area contributed by atoms with Crippen molar-refractivity contribution in [2.24, 2.45) is 16.6 Å². The van der Waals surface area contributed by atoms with E-state index in [1.807, 2.05) is 0 Å². The molecule has 4 nitrogen and oxygen atoms in total. The van der Waals surface area contributed by atoms with Crippen molar-refractivity contribution in [2.75, 3.05) is 39.3 Å². The molecule has 1 atom stereocenters. The number of benzene rings is 1. The van der Waals surface area contributed by atoms with E-state index in [0.717, 1.165) is 38.6 Å². The fourth-order valence-corrected chi connectivity index (χ4v) is 3.64. The van der Waals surface area contributed by atoms with E-state index < -0.39 is 0 Å². The zero-order chi connectivity index (χ0) is 15.9. The Hall–Kier alpha value is -0.820. The van der Waals surface area contributed by atoms with Crippen LogP contribution in [0.4, 0.5) is 0 Å². The normalized spacial score (nSPS) is 22.4. The van der Waals surface area contributed by atoms with Crippen LogP contribution in [0.3, 0.4) is 0 Å². The van der Waals surface area contributed by atoms with Crippen LogP contribution in [0, 0.1) is 5.92 Å². The summed E-state index contributed by atoms with van der Waals surface area (Å²) in [5.74, 6) is 1.45. The second-order valence-corrected chi connectivity index (χ2v) is 6.94. The number of likely N-dealkylation sites (tertiary alicyclic amines) is 2. The molecular formula is C19H31IN4. The van der Waals surface area contributed by atoms with Crippen LogP contribution >= 0.6 is 24.0 Å². The summed E-state index contributed by atoms with van der Waals surface area (Å²) in [4.78, 5) is 9.51. The van der Waals surface area contributed by atoms with Crippen LogP contribution in [0.25, 0.3) is 0 Å². The molecule has 1 aromatic carbocycles. The number of nitrogens with zero attached hydrogens (tertiary/aromatic N) is 3. The molecule has 5 heteroatoms. The summed E-state index contributed by atoms with van der Waals surface area (Å²) < 4.78 is 0. The molecule has 0 radical (unpaired) electrons. The van der Waals surface area contributed by atoms with Crippen molar-refractivity contribution in [3.8, 4) is 0 Å². The SMILES string of the molecule is I.NC(=NCC1CCN(CCc2ccccc2)C1)N1CCCCC1. The van der Waals surface area contributed by atoms with Crippen LogP contribution in [0.1, 0.15) is 31.2 Å². The number of rotatable bonds is 5. The van der Waals surface area contributed by atoms with E-state index in [-0.39, 0.29) is 24.0 Å². The van der Waals surface area contributed by atoms with Gasteiger partial charge >= 0.3 is 0 Å². The van der Waals surface area contributed by atoms with E-state index in [9.17, 15) is 0 Å². The van der Waals surface area contributed by atoms with Crippen LogP contribution in [0.15, 0.2) is 35.3 Å². The monoisotopic (exact) mass is 442 g/mol. The number of piperidine rings is 1. The van der Waals surface area contributed by atoms with Gasteiger partial charge < -0.3 is 15.5 Å². The third-order valence-electron chi connectivity index (χ3n) is 5.12. The molecule has 0 saturated carbocycles. The predicted molar refractivity (Wildman–Crippen MR) is 112 cm³/mol. The van der Waals surface area contributed by atoms with E-state index in [2.05, 4.69) is 45.1 Å². The topological polar surface area (TPSA) is 44.9 Å². The third kappa shape index (κ3) is 5.92. The Morgan fingerprint density at radius 3 is 2.58 bits per heavy atom. The van der Waals surface area contributed by atoms with Gasteiger partial charge in [-0.05, 0) is 50.1 Å². The van der Waals surface area contributed by atoms with Crippen molar-refractivity contribution in [3.63, 3.8) is 0 Å². The first-order valence-corrected chi connectivity index (χ1v) is 9.12. The molecule has 2 heterocycles. The van der Waals surface area contributed by atoms with Crippen molar-refractivity contribution in [3.05, 3.63) is 35.9 Å². The van der Waals surface area contributed by atoms with Gasteiger partial charge in [-0.2, -0.15) is 0 Å². The van der Waals surface area contributed by atoms with Gasteiger partial charge in [-0.3, -0.25) is 4.99 Å². The predicted octanol–water partition coefficient (Wildman–Crippen LogP) is 2.97. The van der Waals surface area contributed by atoms with Crippen molar-refractivity contribution in [1.29, 1.82) is 0 Å². The fraction of sp³-hybridized carbons (Fsp3) is 0.632. The molecule has 0 aliphatic carbocycles. The molecule has 134 valence electrons. The van der Waals surface area contributed by atoms with Gasteiger partial charge in [0, 0.05) is 32.7 Å². The minimum atomic E-state index is 0. The molecule has 0 spiro atoms. The van der Waals surface area contributed by atoms with Gasteiger partial charge in [0.05, 0.1) is 0 Å². The first-order valence-electron chi connectivity index (χ1n) is 9.12. The zero-order valence-electron chi connectivity index (χ0n) is 14.6. The van der Waals surface area contributed by atoms with Crippen LogP contribution in [-0.4, -0.2) is 55.0 Å². The summed E-state index contributed by atoms with van der Waals surface area (Å²) in [6, 6.07) is 10.8. The van der Waals surface area contributed by atoms with Gasteiger partial charge in [0.15, 0.2) is 5.96 Å². The van der Waals surface area contributed by atoms with Crippen LogP contribution in [0.5, 0.6) is 0 Å². The van der Waals surface area contributed by atoms with Gasteiger partial charge in [0.25, 0.3) is 0 Å². The first-order chi connectivity index (χ1) is 11.3. The number of aliphatic imine (C=N–C) groups is 1. The number of hydrogen-bond donors (Lipinski definition) is 1. The lowest BCUT2D eigenvalue weighted by molar-refractivity contribution is 0.326. The maximum atomic E-state index is 6.16. The van der Waals surface area contributed by atoms with Gasteiger partial charge in [0.1, 0.15) is 0 Å².